The summed E-state index contributed by atoms with van der Waals surface area (Å²) in [5.74, 6) is 1.81. The molecule has 1 aliphatic heterocycles. The van der Waals surface area contributed by atoms with Crippen molar-refractivity contribution in [2.24, 2.45) is 16.8 Å². The highest BCUT2D eigenvalue weighted by Crippen LogP contribution is 2.45. The summed E-state index contributed by atoms with van der Waals surface area (Å²) in [4.78, 5) is 16.2. The van der Waals surface area contributed by atoms with Gasteiger partial charge in [-0.25, -0.2) is 0 Å². The molecule has 0 aromatic heterocycles. The van der Waals surface area contributed by atoms with Crippen molar-refractivity contribution in [3.05, 3.63) is 0 Å². The predicted octanol–water partition coefficient (Wildman–Crippen LogP) is 2.95. The summed E-state index contributed by atoms with van der Waals surface area (Å²) >= 11 is 1.65. The maximum atomic E-state index is 12.0. The molecule has 0 aromatic carbocycles. The number of carbonyl (C=O) groups excluding carboxylic acids is 1. The van der Waals surface area contributed by atoms with Crippen LogP contribution in [0.3, 0.4) is 0 Å². The molecule has 3 unspecified atom stereocenters. The van der Waals surface area contributed by atoms with Gasteiger partial charge < -0.3 is 5.32 Å². The Hall–Kier alpha value is -0.510. The van der Waals surface area contributed by atoms with Crippen molar-refractivity contribution in [3.63, 3.8) is 0 Å². The largest absolute Gasteiger partial charge is 0.361 e. The number of hydrogen-bond donors (Lipinski definition) is 1. The highest BCUT2D eigenvalue weighted by molar-refractivity contribution is 8.16. The average molecular weight is 266 g/mol. The van der Waals surface area contributed by atoms with Crippen LogP contribution in [0.25, 0.3) is 0 Å². The van der Waals surface area contributed by atoms with Crippen molar-refractivity contribution in [2.45, 2.75) is 63.2 Å². The molecular weight excluding hydrogens is 244 g/mol. The Morgan fingerprint density at radius 1 is 1.44 bits per heavy atom. The van der Waals surface area contributed by atoms with E-state index in [0.29, 0.717) is 6.04 Å². The fourth-order valence-corrected chi connectivity index (χ4v) is 4.97. The number of aliphatic imine (C=N–C) groups is 1. The molecule has 1 heterocycles. The molecule has 1 amide bonds. The Morgan fingerprint density at radius 3 is 2.89 bits per heavy atom. The van der Waals surface area contributed by atoms with Crippen LogP contribution in [0.1, 0.15) is 52.4 Å². The molecule has 3 aliphatic rings. The molecule has 2 fully saturated rings. The summed E-state index contributed by atoms with van der Waals surface area (Å²) in [5, 5.41) is 4.43. The van der Waals surface area contributed by atoms with Crippen molar-refractivity contribution in [3.8, 4) is 0 Å². The molecule has 100 valence electrons. The molecule has 18 heavy (non-hydrogen) atoms. The first kappa shape index (κ1) is 12.5. The number of rotatable bonds is 3. The highest BCUT2D eigenvalue weighted by atomic mass is 32.2. The zero-order valence-corrected chi connectivity index (χ0v) is 12.1. The van der Waals surface area contributed by atoms with Crippen LogP contribution in [0, 0.1) is 11.8 Å². The molecule has 4 atom stereocenters. The number of thioether (sulfide) groups is 1. The van der Waals surface area contributed by atoms with Gasteiger partial charge in [-0.2, -0.15) is 4.99 Å². The van der Waals surface area contributed by atoms with E-state index in [4.69, 9.17) is 0 Å². The number of nitrogens with zero attached hydrogens (tertiary/aromatic N) is 1. The van der Waals surface area contributed by atoms with Gasteiger partial charge in [0.05, 0.1) is 0 Å². The second-order valence-corrected chi connectivity index (χ2v) is 7.72. The quantitative estimate of drug-likeness (QED) is 0.854. The smallest absolute Gasteiger partial charge is 0.264 e. The molecule has 1 N–H and O–H groups in total. The van der Waals surface area contributed by atoms with E-state index in [1.165, 1.54) is 25.7 Å². The van der Waals surface area contributed by atoms with Crippen LogP contribution < -0.4 is 5.32 Å². The van der Waals surface area contributed by atoms with Crippen LogP contribution >= 0.6 is 11.8 Å². The minimum absolute atomic E-state index is 0.0556. The van der Waals surface area contributed by atoms with E-state index in [-0.39, 0.29) is 10.7 Å². The van der Waals surface area contributed by atoms with Gasteiger partial charge in [0.1, 0.15) is 4.75 Å². The van der Waals surface area contributed by atoms with Gasteiger partial charge in [-0.05, 0) is 44.4 Å². The van der Waals surface area contributed by atoms with Gasteiger partial charge in [-0.1, -0.05) is 31.5 Å². The molecule has 3 nitrogen and oxygen atoms in total. The number of amidine groups is 1. The first-order valence-corrected chi connectivity index (χ1v) is 8.01. The monoisotopic (exact) mass is 266 g/mol. The minimum Gasteiger partial charge on any atom is -0.361 e. The summed E-state index contributed by atoms with van der Waals surface area (Å²) in [5.41, 5.74) is 0. The van der Waals surface area contributed by atoms with Crippen molar-refractivity contribution in [1.29, 1.82) is 0 Å². The molecule has 3 rings (SSSR count). The molecular formula is C14H22N2OS. The van der Waals surface area contributed by atoms with Crippen molar-refractivity contribution in [1.82, 2.24) is 5.32 Å². The Bertz CT molecular complexity index is 395. The molecule has 0 radical (unpaired) electrons. The lowest BCUT2D eigenvalue weighted by Gasteiger charge is -2.24. The number of hydrogen-bond acceptors (Lipinski definition) is 3. The van der Waals surface area contributed by atoms with Crippen LogP contribution in [-0.2, 0) is 4.79 Å². The van der Waals surface area contributed by atoms with Gasteiger partial charge in [-0.3, -0.25) is 4.79 Å². The van der Waals surface area contributed by atoms with Gasteiger partial charge in [0.25, 0.3) is 5.91 Å². The van der Waals surface area contributed by atoms with E-state index in [1.54, 1.807) is 11.8 Å². The Balaban J connectivity index is 1.62. The van der Waals surface area contributed by atoms with Gasteiger partial charge in [0.2, 0.25) is 0 Å². The molecule has 2 saturated carbocycles. The Morgan fingerprint density at radius 2 is 2.28 bits per heavy atom. The second kappa shape index (κ2) is 4.55. The second-order valence-electron chi connectivity index (χ2n) is 6.23. The number of amides is 1. The van der Waals surface area contributed by atoms with Gasteiger partial charge in [0.15, 0.2) is 5.17 Å². The lowest BCUT2D eigenvalue weighted by atomic mass is 9.96. The lowest BCUT2D eigenvalue weighted by molar-refractivity contribution is -0.119. The first-order valence-electron chi connectivity index (χ1n) is 7.19. The molecule has 0 aromatic rings. The summed E-state index contributed by atoms with van der Waals surface area (Å²) < 4.78 is -0.311. The van der Waals surface area contributed by atoms with Crippen LogP contribution in [0.4, 0.5) is 0 Å². The van der Waals surface area contributed by atoms with Crippen LogP contribution in [0.15, 0.2) is 4.99 Å². The van der Waals surface area contributed by atoms with E-state index in [9.17, 15) is 4.79 Å². The van der Waals surface area contributed by atoms with Crippen molar-refractivity contribution in [2.75, 3.05) is 0 Å². The van der Waals surface area contributed by atoms with E-state index < -0.39 is 0 Å². The van der Waals surface area contributed by atoms with Crippen LogP contribution in [0.5, 0.6) is 0 Å². The van der Waals surface area contributed by atoms with E-state index in [1.807, 2.05) is 6.92 Å². The average Bonchev–Trinajstić information content (AvgIpc) is 2.96. The number of nitrogens with one attached hydrogen (secondary N) is 1. The molecule has 2 aliphatic carbocycles. The van der Waals surface area contributed by atoms with E-state index in [2.05, 4.69) is 17.2 Å². The summed E-state index contributed by atoms with van der Waals surface area (Å²) in [7, 11) is 0. The molecule has 0 saturated heterocycles. The highest BCUT2D eigenvalue weighted by Gasteiger charge is 2.44. The zero-order chi connectivity index (χ0) is 12.8. The van der Waals surface area contributed by atoms with Gasteiger partial charge >= 0.3 is 0 Å². The maximum Gasteiger partial charge on any atom is 0.264 e. The SMILES string of the molecule is CCC[C@]1(C)SC(NC2CC3CCC2C3)=NC1=O. The van der Waals surface area contributed by atoms with E-state index in [0.717, 1.165) is 29.8 Å². The van der Waals surface area contributed by atoms with Crippen LogP contribution in [-0.4, -0.2) is 21.9 Å². The molecule has 4 heteroatoms. The maximum absolute atomic E-state index is 12.0. The van der Waals surface area contributed by atoms with Gasteiger partial charge in [-0.15, -0.1) is 0 Å². The number of fused-ring (bicyclic) bond motifs is 2. The third-order valence-corrected chi connectivity index (χ3v) is 5.98. The summed E-state index contributed by atoms with van der Waals surface area (Å²) in [6.07, 6.45) is 7.39. The van der Waals surface area contributed by atoms with Crippen molar-refractivity contribution < 1.29 is 4.79 Å². The molecule has 0 spiro atoms. The van der Waals surface area contributed by atoms with E-state index >= 15 is 0 Å². The zero-order valence-electron chi connectivity index (χ0n) is 11.2. The van der Waals surface area contributed by atoms with Crippen LogP contribution in [0.2, 0.25) is 0 Å². The standard InChI is InChI=1S/C14H22N2OS/c1-3-6-14(2)12(17)16-13(18-14)15-11-8-9-4-5-10(11)7-9/h9-11H,3-8H2,1-2H3,(H,15,16,17)/t9?,10?,11?,14-/m0/s1. The predicted molar refractivity (Wildman–Crippen MR) is 75.7 cm³/mol. The fraction of sp³-hybridized carbons (Fsp3) is 0.857. The normalized spacial score (nSPS) is 42.4. The fourth-order valence-electron chi connectivity index (χ4n) is 3.77. The minimum atomic E-state index is -0.311. The van der Waals surface area contributed by atoms with Gasteiger partial charge in [0, 0.05) is 6.04 Å². The topological polar surface area (TPSA) is 41.5 Å². The summed E-state index contributed by atoms with van der Waals surface area (Å²) in [6, 6.07) is 0.576. The lowest BCUT2D eigenvalue weighted by Crippen LogP contribution is -2.37. The third-order valence-electron chi connectivity index (χ3n) is 4.75. The Kier molecular flexibility index (Phi) is 3.16. The third kappa shape index (κ3) is 2.09. The summed E-state index contributed by atoms with van der Waals surface area (Å²) in [6.45, 7) is 4.16. The van der Waals surface area contributed by atoms with Crippen molar-refractivity contribution >= 4 is 22.8 Å². The Labute approximate surface area is 113 Å². The first-order chi connectivity index (χ1) is 8.60. The number of carbonyl (C=O) groups is 1. The molecule has 2 bridgehead atoms.